The van der Waals surface area contributed by atoms with Gasteiger partial charge in [0.1, 0.15) is 0 Å². The van der Waals surface area contributed by atoms with Gasteiger partial charge in [-0.3, -0.25) is 4.79 Å². The van der Waals surface area contributed by atoms with Crippen LogP contribution in [0.1, 0.15) is 32.6 Å². The summed E-state index contributed by atoms with van der Waals surface area (Å²) in [5, 5.41) is 0. The van der Waals surface area contributed by atoms with Crippen LogP contribution < -0.4 is 9.47 Å². The fourth-order valence-corrected chi connectivity index (χ4v) is 4.54. The number of nitrogens with zero attached hydrogens (tertiary/aromatic N) is 2. The van der Waals surface area contributed by atoms with Crippen LogP contribution in [0, 0.1) is 0 Å². The van der Waals surface area contributed by atoms with Gasteiger partial charge in [0.2, 0.25) is 22.7 Å². The third kappa shape index (κ3) is 3.90. The summed E-state index contributed by atoms with van der Waals surface area (Å²) in [7, 11) is -3.61. The van der Waals surface area contributed by atoms with Gasteiger partial charge < -0.3 is 14.4 Å². The first-order valence-electron chi connectivity index (χ1n) is 8.70. The standard InChI is InChI=1S/C17H24N2O5S/c1-2-3-5-17(20)18-8-4-9-19(11-10-18)25(21,22)14-6-7-15-16(12-14)24-13-23-15/h6-7,12H,2-5,8-11,13H2,1H3. The Labute approximate surface area is 148 Å². The first-order chi connectivity index (χ1) is 12.0. The molecule has 0 saturated carbocycles. The van der Waals surface area contributed by atoms with Gasteiger partial charge in [-0.1, -0.05) is 13.3 Å². The minimum Gasteiger partial charge on any atom is -0.454 e. The lowest BCUT2D eigenvalue weighted by molar-refractivity contribution is -0.131. The van der Waals surface area contributed by atoms with E-state index in [4.69, 9.17) is 9.47 Å². The molecule has 1 aromatic rings. The minimum atomic E-state index is -3.61. The molecular formula is C17H24N2O5S. The number of benzene rings is 1. The highest BCUT2D eigenvalue weighted by Gasteiger charge is 2.29. The van der Waals surface area contributed by atoms with Crippen molar-refractivity contribution in [3.8, 4) is 11.5 Å². The third-order valence-electron chi connectivity index (χ3n) is 4.53. The Morgan fingerprint density at radius 2 is 1.92 bits per heavy atom. The highest BCUT2D eigenvalue weighted by atomic mass is 32.2. The second-order valence-corrected chi connectivity index (χ2v) is 8.19. The lowest BCUT2D eigenvalue weighted by atomic mass is 10.2. The van der Waals surface area contributed by atoms with E-state index >= 15 is 0 Å². The van der Waals surface area contributed by atoms with Crippen LogP contribution in [0.5, 0.6) is 11.5 Å². The Kier molecular flexibility index (Phi) is 5.48. The maximum Gasteiger partial charge on any atom is 0.243 e. The zero-order chi connectivity index (χ0) is 17.9. The molecule has 0 atom stereocenters. The fourth-order valence-electron chi connectivity index (χ4n) is 3.06. The van der Waals surface area contributed by atoms with E-state index in [1.54, 1.807) is 11.0 Å². The number of fused-ring (bicyclic) bond motifs is 1. The van der Waals surface area contributed by atoms with E-state index in [2.05, 4.69) is 6.92 Å². The van der Waals surface area contributed by atoms with E-state index in [0.717, 1.165) is 12.8 Å². The van der Waals surface area contributed by atoms with Gasteiger partial charge in [0.05, 0.1) is 4.90 Å². The van der Waals surface area contributed by atoms with Crippen molar-refractivity contribution < 1.29 is 22.7 Å². The average Bonchev–Trinajstić information content (AvgIpc) is 2.93. The molecule has 3 rings (SSSR count). The van der Waals surface area contributed by atoms with Gasteiger partial charge in [-0.2, -0.15) is 4.31 Å². The first-order valence-corrected chi connectivity index (χ1v) is 10.1. The Bertz CT molecular complexity index is 735. The second-order valence-electron chi connectivity index (χ2n) is 6.26. The molecule has 0 radical (unpaired) electrons. The summed E-state index contributed by atoms with van der Waals surface area (Å²) in [4.78, 5) is 14.2. The van der Waals surface area contributed by atoms with E-state index in [-0.39, 0.29) is 17.6 Å². The number of hydrogen-bond donors (Lipinski definition) is 0. The van der Waals surface area contributed by atoms with E-state index in [9.17, 15) is 13.2 Å². The number of rotatable bonds is 5. The zero-order valence-electron chi connectivity index (χ0n) is 14.4. The van der Waals surface area contributed by atoms with E-state index < -0.39 is 10.0 Å². The van der Waals surface area contributed by atoms with Crippen LogP contribution >= 0.6 is 0 Å². The lowest BCUT2D eigenvalue weighted by Gasteiger charge is -2.22. The topological polar surface area (TPSA) is 76.2 Å². The molecule has 0 aromatic heterocycles. The second kappa shape index (κ2) is 7.61. The molecule has 2 aliphatic heterocycles. The molecule has 0 spiro atoms. The molecule has 1 aromatic carbocycles. The number of hydrogen-bond acceptors (Lipinski definition) is 5. The van der Waals surface area contributed by atoms with Gasteiger partial charge in [-0.25, -0.2) is 8.42 Å². The minimum absolute atomic E-state index is 0.109. The van der Waals surface area contributed by atoms with Crippen LogP contribution in [-0.2, 0) is 14.8 Å². The number of carbonyl (C=O) groups is 1. The highest BCUT2D eigenvalue weighted by Crippen LogP contribution is 2.34. The maximum atomic E-state index is 12.9. The van der Waals surface area contributed by atoms with Crippen LogP contribution in [0.2, 0.25) is 0 Å². The molecule has 0 aliphatic carbocycles. The lowest BCUT2D eigenvalue weighted by Crippen LogP contribution is -2.37. The smallest absolute Gasteiger partial charge is 0.243 e. The van der Waals surface area contributed by atoms with Crippen molar-refractivity contribution in [2.24, 2.45) is 0 Å². The van der Waals surface area contributed by atoms with Gasteiger partial charge in [0, 0.05) is 38.7 Å². The predicted octanol–water partition coefficient (Wildman–Crippen LogP) is 1.83. The van der Waals surface area contributed by atoms with Crippen molar-refractivity contribution in [3.05, 3.63) is 18.2 Å². The van der Waals surface area contributed by atoms with Crippen molar-refractivity contribution in [1.29, 1.82) is 0 Å². The average molecular weight is 368 g/mol. The first kappa shape index (κ1) is 18.0. The predicted molar refractivity (Wildman–Crippen MR) is 92.0 cm³/mol. The molecule has 2 aliphatic rings. The van der Waals surface area contributed by atoms with E-state index in [1.807, 2.05) is 0 Å². The van der Waals surface area contributed by atoms with Crippen molar-refractivity contribution in [2.75, 3.05) is 33.0 Å². The molecule has 7 nitrogen and oxygen atoms in total. The molecule has 0 N–H and O–H groups in total. The fraction of sp³-hybridized carbons (Fsp3) is 0.588. The van der Waals surface area contributed by atoms with Crippen molar-refractivity contribution in [1.82, 2.24) is 9.21 Å². The van der Waals surface area contributed by atoms with Crippen LogP contribution in [0.25, 0.3) is 0 Å². The normalized spacial score (nSPS) is 18.2. The maximum absolute atomic E-state index is 12.9. The SMILES string of the molecule is CCCCC(=O)N1CCCN(S(=O)(=O)c2ccc3c(c2)OCO3)CC1. The van der Waals surface area contributed by atoms with E-state index in [1.165, 1.54) is 16.4 Å². The van der Waals surface area contributed by atoms with Gasteiger partial charge >= 0.3 is 0 Å². The van der Waals surface area contributed by atoms with Crippen molar-refractivity contribution in [3.63, 3.8) is 0 Å². The monoisotopic (exact) mass is 368 g/mol. The summed E-state index contributed by atoms with van der Waals surface area (Å²) in [6, 6.07) is 4.66. The third-order valence-corrected chi connectivity index (χ3v) is 6.43. The van der Waals surface area contributed by atoms with Gasteiger partial charge in [-0.05, 0) is 25.0 Å². The number of ether oxygens (including phenoxy) is 2. The molecule has 8 heteroatoms. The van der Waals surface area contributed by atoms with Gasteiger partial charge in [0.25, 0.3) is 0 Å². The molecule has 1 fully saturated rings. The summed E-state index contributed by atoms with van der Waals surface area (Å²) in [6.07, 6.45) is 3.02. The molecule has 2 heterocycles. The number of amides is 1. The number of carbonyl (C=O) groups excluding carboxylic acids is 1. The summed E-state index contributed by atoms with van der Waals surface area (Å²) in [5.74, 6) is 1.12. The highest BCUT2D eigenvalue weighted by molar-refractivity contribution is 7.89. The Morgan fingerprint density at radius 1 is 1.12 bits per heavy atom. The van der Waals surface area contributed by atoms with Gasteiger partial charge in [0.15, 0.2) is 11.5 Å². The van der Waals surface area contributed by atoms with Crippen LogP contribution in [0.15, 0.2) is 23.1 Å². The molecule has 0 unspecified atom stereocenters. The van der Waals surface area contributed by atoms with Gasteiger partial charge in [-0.15, -0.1) is 0 Å². The Balaban J connectivity index is 1.70. The zero-order valence-corrected chi connectivity index (χ0v) is 15.3. The Morgan fingerprint density at radius 3 is 2.72 bits per heavy atom. The van der Waals surface area contributed by atoms with Crippen LogP contribution in [0.3, 0.4) is 0 Å². The summed E-state index contributed by atoms with van der Waals surface area (Å²) < 4.78 is 37.8. The molecule has 0 bridgehead atoms. The molecule has 1 saturated heterocycles. The van der Waals surface area contributed by atoms with Crippen molar-refractivity contribution in [2.45, 2.75) is 37.5 Å². The molecular weight excluding hydrogens is 344 g/mol. The van der Waals surface area contributed by atoms with Crippen molar-refractivity contribution >= 4 is 15.9 Å². The van der Waals surface area contributed by atoms with E-state index in [0.29, 0.717) is 50.5 Å². The summed E-state index contributed by atoms with van der Waals surface area (Å²) in [5.41, 5.74) is 0. The number of sulfonamides is 1. The molecule has 1 amide bonds. The van der Waals surface area contributed by atoms with Crippen LogP contribution in [0.4, 0.5) is 0 Å². The number of unbranched alkanes of at least 4 members (excludes halogenated alkanes) is 1. The molecule has 25 heavy (non-hydrogen) atoms. The Hall–Kier alpha value is -1.80. The summed E-state index contributed by atoms with van der Waals surface area (Å²) in [6.45, 7) is 3.93. The largest absolute Gasteiger partial charge is 0.454 e. The van der Waals surface area contributed by atoms with Crippen LogP contribution in [-0.4, -0.2) is 56.5 Å². The molecule has 138 valence electrons. The summed E-state index contributed by atoms with van der Waals surface area (Å²) >= 11 is 0. The quantitative estimate of drug-likeness (QED) is 0.792.